The molecule has 3 rings (SSSR count). The number of carbonyl (C=O) groups is 1. The minimum atomic E-state index is -0.0809. The summed E-state index contributed by atoms with van der Waals surface area (Å²) in [4.78, 5) is 11.9. The second-order valence-corrected chi connectivity index (χ2v) is 5.43. The van der Waals surface area contributed by atoms with Gasteiger partial charge in [0.25, 0.3) is 5.91 Å². The van der Waals surface area contributed by atoms with Crippen LogP contribution in [0.4, 0.5) is 5.69 Å². The van der Waals surface area contributed by atoms with Crippen LogP contribution in [0, 0.1) is 0 Å². The molecule has 0 bridgehead atoms. The zero-order valence-corrected chi connectivity index (χ0v) is 11.1. The first-order chi connectivity index (χ1) is 9.33. The van der Waals surface area contributed by atoms with E-state index in [9.17, 15) is 4.79 Å². The minimum Gasteiger partial charge on any atom is -0.356 e. The average Bonchev–Trinajstić information content (AvgIpc) is 2.46. The molecule has 0 saturated carbocycles. The fraction of sp³-hybridized carbons (Fsp3) is 0.133. The van der Waals surface area contributed by atoms with Crippen molar-refractivity contribution in [3.05, 3.63) is 65.7 Å². The third-order valence-electron chi connectivity index (χ3n) is 2.98. The lowest BCUT2D eigenvalue weighted by molar-refractivity contribution is 0.0948. The Bertz CT molecular complexity index is 586. The molecule has 1 atom stereocenters. The van der Waals surface area contributed by atoms with Gasteiger partial charge in [0.2, 0.25) is 0 Å². The number of benzene rings is 2. The summed E-state index contributed by atoms with van der Waals surface area (Å²) in [6.07, 6.45) is 0. The van der Waals surface area contributed by atoms with E-state index in [2.05, 4.69) is 22.8 Å². The number of rotatable bonds is 3. The lowest BCUT2D eigenvalue weighted by Gasteiger charge is -2.27. The molecule has 2 aromatic rings. The van der Waals surface area contributed by atoms with Crippen molar-refractivity contribution in [1.82, 2.24) is 5.32 Å². The fourth-order valence-corrected chi connectivity index (χ4v) is 2.97. The molecule has 19 heavy (non-hydrogen) atoms. The number of hydrogen-bond acceptors (Lipinski definition) is 3. The first-order valence-electron chi connectivity index (χ1n) is 6.15. The van der Waals surface area contributed by atoms with Gasteiger partial charge in [0.1, 0.15) is 5.50 Å². The molecule has 0 aromatic heterocycles. The van der Waals surface area contributed by atoms with E-state index in [0.717, 1.165) is 11.4 Å². The summed E-state index contributed by atoms with van der Waals surface area (Å²) < 4.78 is 0. The van der Waals surface area contributed by atoms with E-state index in [4.69, 9.17) is 0 Å². The largest absolute Gasteiger partial charge is 0.356 e. The van der Waals surface area contributed by atoms with Crippen LogP contribution in [0.15, 0.2) is 54.6 Å². The van der Waals surface area contributed by atoms with Crippen LogP contribution in [-0.2, 0) is 5.75 Å². The Morgan fingerprint density at radius 2 is 1.68 bits per heavy atom. The molecular weight excluding hydrogens is 256 g/mol. The Hall–Kier alpha value is -1.94. The maximum atomic E-state index is 11.9. The third-order valence-corrected chi connectivity index (χ3v) is 4.05. The van der Waals surface area contributed by atoms with Gasteiger partial charge in [-0.05, 0) is 17.7 Å². The fourth-order valence-electron chi connectivity index (χ4n) is 2.02. The smallest absolute Gasteiger partial charge is 0.255 e. The van der Waals surface area contributed by atoms with Crippen molar-refractivity contribution < 1.29 is 4.79 Å². The topological polar surface area (TPSA) is 41.1 Å². The highest BCUT2D eigenvalue weighted by Crippen LogP contribution is 2.25. The molecule has 1 amide bonds. The Morgan fingerprint density at radius 1 is 0.947 bits per heavy atom. The quantitative estimate of drug-likeness (QED) is 0.900. The van der Waals surface area contributed by atoms with Crippen molar-refractivity contribution in [3.63, 3.8) is 0 Å². The van der Waals surface area contributed by atoms with E-state index in [1.54, 1.807) is 11.8 Å². The van der Waals surface area contributed by atoms with Crippen molar-refractivity contribution in [2.45, 2.75) is 11.3 Å². The van der Waals surface area contributed by atoms with E-state index in [-0.39, 0.29) is 11.4 Å². The molecule has 1 aliphatic heterocycles. The third kappa shape index (κ3) is 2.74. The first-order valence-corrected chi connectivity index (χ1v) is 7.20. The predicted octanol–water partition coefficient (Wildman–Crippen LogP) is 3.06. The van der Waals surface area contributed by atoms with E-state index in [1.165, 1.54) is 5.56 Å². The van der Waals surface area contributed by atoms with E-state index >= 15 is 0 Å². The lowest BCUT2D eigenvalue weighted by Crippen LogP contribution is -2.42. The van der Waals surface area contributed by atoms with Gasteiger partial charge >= 0.3 is 0 Å². The molecule has 1 heterocycles. The Balaban J connectivity index is 1.67. The first kappa shape index (κ1) is 12.1. The highest BCUT2D eigenvalue weighted by atomic mass is 32.2. The number of para-hydroxylation sites is 1. The van der Waals surface area contributed by atoms with Gasteiger partial charge < -0.3 is 10.6 Å². The lowest BCUT2D eigenvalue weighted by atomic mass is 10.1. The minimum absolute atomic E-state index is 0.0140. The summed E-state index contributed by atoms with van der Waals surface area (Å²) in [6, 6.07) is 17.8. The number of fused-ring (bicyclic) bond motifs is 1. The second kappa shape index (κ2) is 5.36. The van der Waals surface area contributed by atoms with Crippen molar-refractivity contribution in [3.8, 4) is 0 Å². The van der Waals surface area contributed by atoms with Crippen LogP contribution in [0.5, 0.6) is 0 Å². The van der Waals surface area contributed by atoms with E-state index in [1.807, 2.05) is 42.5 Å². The summed E-state index contributed by atoms with van der Waals surface area (Å²) in [5, 5.41) is 6.28. The van der Waals surface area contributed by atoms with Crippen LogP contribution < -0.4 is 10.6 Å². The Kier molecular flexibility index (Phi) is 3.42. The number of amides is 1. The van der Waals surface area contributed by atoms with Gasteiger partial charge in [-0.3, -0.25) is 4.79 Å². The molecule has 0 aliphatic carbocycles. The van der Waals surface area contributed by atoms with Crippen LogP contribution in [0.25, 0.3) is 0 Å². The van der Waals surface area contributed by atoms with Crippen LogP contribution in [-0.4, -0.2) is 11.4 Å². The van der Waals surface area contributed by atoms with Crippen LogP contribution in [0.3, 0.4) is 0 Å². The predicted molar refractivity (Wildman–Crippen MR) is 79.1 cm³/mol. The molecule has 1 aliphatic rings. The number of nitrogens with one attached hydrogen (secondary N) is 2. The van der Waals surface area contributed by atoms with E-state index < -0.39 is 0 Å². The number of thioether (sulfide) groups is 1. The zero-order chi connectivity index (χ0) is 13.1. The molecule has 2 aromatic carbocycles. The van der Waals surface area contributed by atoms with Crippen molar-refractivity contribution >= 4 is 23.4 Å². The summed E-state index contributed by atoms with van der Waals surface area (Å²) in [6.45, 7) is 0. The van der Waals surface area contributed by atoms with Crippen molar-refractivity contribution in [1.29, 1.82) is 0 Å². The molecule has 4 heteroatoms. The van der Waals surface area contributed by atoms with Gasteiger partial charge in [0.05, 0.1) is 5.56 Å². The average molecular weight is 270 g/mol. The van der Waals surface area contributed by atoms with Gasteiger partial charge in [0.15, 0.2) is 0 Å². The molecule has 3 nitrogen and oxygen atoms in total. The van der Waals surface area contributed by atoms with Crippen LogP contribution in [0.1, 0.15) is 15.9 Å². The Labute approximate surface area is 116 Å². The van der Waals surface area contributed by atoms with Crippen LogP contribution >= 0.6 is 11.8 Å². The van der Waals surface area contributed by atoms with Gasteiger partial charge in [-0.25, -0.2) is 0 Å². The zero-order valence-electron chi connectivity index (χ0n) is 10.3. The van der Waals surface area contributed by atoms with Gasteiger partial charge in [-0.1, -0.05) is 42.5 Å². The molecule has 1 unspecified atom stereocenters. The maximum absolute atomic E-state index is 11.9. The highest BCUT2D eigenvalue weighted by molar-refractivity contribution is 7.99. The summed E-state index contributed by atoms with van der Waals surface area (Å²) in [5.41, 5.74) is 2.78. The summed E-state index contributed by atoms with van der Waals surface area (Å²) in [5.74, 6) is 0.848. The molecule has 0 fully saturated rings. The standard InChI is InChI=1S/C15H14N2OS/c18-14-12-8-4-5-9-13(12)16-15(17-14)19-10-11-6-2-1-3-7-11/h1-9,15-16H,10H2,(H,17,18). The summed E-state index contributed by atoms with van der Waals surface area (Å²) >= 11 is 1.67. The summed E-state index contributed by atoms with van der Waals surface area (Å²) in [7, 11) is 0. The molecule has 0 radical (unpaired) electrons. The highest BCUT2D eigenvalue weighted by Gasteiger charge is 2.22. The number of anilines is 1. The van der Waals surface area contributed by atoms with Crippen molar-refractivity contribution in [2.24, 2.45) is 0 Å². The molecule has 2 N–H and O–H groups in total. The second-order valence-electron chi connectivity index (χ2n) is 4.34. The monoisotopic (exact) mass is 270 g/mol. The van der Waals surface area contributed by atoms with E-state index in [0.29, 0.717) is 5.56 Å². The Morgan fingerprint density at radius 3 is 2.53 bits per heavy atom. The maximum Gasteiger partial charge on any atom is 0.255 e. The van der Waals surface area contributed by atoms with Gasteiger partial charge in [-0.15, -0.1) is 11.8 Å². The number of carbonyl (C=O) groups excluding carboxylic acids is 1. The molecule has 96 valence electrons. The van der Waals surface area contributed by atoms with Crippen molar-refractivity contribution in [2.75, 3.05) is 5.32 Å². The van der Waals surface area contributed by atoms with Gasteiger partial charge in [-0.2, -0.15) is 0 Å². The molecule has 0 saturated heterocycles. The number of hydrogen-bond donors (Lipinski definition) is 2. The van der Waals surface area contributed by atoms with Crippen LogP contribution in [0.2, 0.25) is 0 Å². The molecule has 0 spiro atoms. The SMILES string of the molecule is O=C1NC(SCc2ccccc2)Nc2ccccc21. The van der Waals surface area contributed by atoms with Gasteiger partial charge in [0, 0.05) is 11.4 Å². The molecular formula is C15H14N2OS. The normalized spacial score (nSPS) is 17.3.